The molecule has 0 spiro atoms. The van der Waals surface area contributed by atoms with Crippen LogP contribution in [-0.2, 0) is 4.74 Å². The zero-order valence-corrected chi connectivity index (χ0v) is 14.6. The summed E-state index contributed by atoms with van der Waals surface area (Å²) in [5.41, 5.74) is 2.51. The Labute approximate surface area is 153 Å². The van der Waals surface area contributed by atoms with Gasteiger partial charge in [-0.3, -0.25) is 4.79 Å². The van der Waals surface area contributed by atoms with Gasteiger partial charge in [0.15, 0.2) is 0 Å². The molecule has 1 aliphatic rings. The Balaban J connectivity index is 1.80. The molecular formula is C23H21NO2. The highest BCUT2D eigenvalue weighted by Gasteiger charge is 2.22. The summed E-state index contributed by atoms with van der Waals surface area (Å²) in [6.45, 7) is 2.76. The Bertz CT molecular complexity index is 935. The molecule has 3 aromatic carbocycles. The van der Waals surface area contributed by atoms with Crippen LogP contribution in [0.4, 0.5) is 0 Å². The van der Waals surface area contributed by atoms with Gasteiger partial charge in [0, 0.05) is 18.7 Å². The molecule has 0 aromatic heterocycles. The van der Waals surface area contributed by atoms with E-state index in [1.54, 1.807) is 0 Å². The number of fused-ring (bicyclic) bond motifs is 1. The van der Waals surface area contributed by atoms with Crippen LogP contribution in [0.3, 0.4) is 0 Å². The molecule has 0 amide bonds. The first-order valence-electron chi connectivity index (χ1n) is 8.95. The highest BCUT2D eigenvalue weighted by atomic mass is 16.5. The van der Waals surface area contributed by atoms with Crippen molar-refractivity contribution in [3.63, 3.8) is 0 Å². The molecule has 1 heterocycles. The van der Waals surface area contributed by atoms with Crippen LogP contribution < -0.4 is 0 Å². The Morgan fingerprint density at radius 1 is 0.846 bits per heavy atom. The maximum atomic E-state index is 13.5. The first kappa shape index (κ1) is 16.6. The fraction of sp³-hybridized carbons (Fsp3) is 0.174. The smallest absolute Gasteiger partial charge is 0.209 e. The van der Waals surface area contributed by atoms with Crippen molar-refractivity contribution in [3.8, 4) is 0 Å². The summed E-state index contributed by atoms with van der Waals surface area (Å²) in [5, 5.41) is 2.08. The first-order valence-corrected chi connectivity index (χ1v) is 8.95. The average Bonchev–Trinajstić information content (AvgIpc) is 2.72. The first-order chi connectivity index (χ1) is 12.8. The molecule has 0 saturated carbocycles. The average molecular weight is 343 g/mol. The normalized spacial score (nSPS) is 15.2. The van der Waals surface area contributed by atoms with Crippen molar-refractivity contribution in [2.24, 2.45) is 0 Å². The molecule has 26 heavy (non-hydrogen) atoms. The van der Waals surface area contributed by atoms with Crippen LogP contribution >= 0.6 is 0 Å². The molecule has 4 rings (SSSR count). The summed E-state index contributed by atoms with van der Waals surface area (Å²) in [7, 11) is 0. The highest BCUT2D eigenvalue weighted by Crippen LogP contribution is 2.24. The predicted octanol–water partition coefficient (Wildman–Crippen LogP) is 4.40. The number of allylic oxidation sites excluding steroid dienone is 1. The monoisotopic (exact) mass is 343 g/mol. The molecule has 0 radical (unpaired) electrons. The van der Waals surface area contributed by atoms with Crippen LogP contribution in [0.15, 0.2) is 78.5 Å². The summed E-state index contributed by atoms with van der Waals surface area (Å²) in [5.74, 6) is 0.0625. The topological polar surface area (TPSA) is 29.5 Å². The van der Waals surface area contributed by atoms with Gasteiger partial charge in [0.05, 0.1) is 18.9 Å². The van der Waals surface area contributed by atoms with Crippen LogP contribution in [0, 0.1) is 0 Å². The molecule has 0 unspecified atom stereocenters. The predicted molar refractivity (Wildman–Crippen MR) is 105 cm³/mol. The van der Waals surface area contributed by atoms with Crippen molar-refractivity contribution in [1.29, 1.82) is 0 Å². The minimum Gasteiger partial charge on any atom is -0.378 e. The maximum Gasteiger partial charge on any atom is 0.209 e. The van der Waals surface area contributed by atoms with Crippen molar-refractivity contribution in [2.75, 3.05) is 26.3 Å². The molecule has 0 bridgehead atoms. The van der Waals surface area contributed by atoms with E-state index in [4.69, 9.17) is 4.74 Å². The van der Waals surface area contributed by atoms with Gasteiger partial charge in [0.2, 0.25) is 5.78 Å². The summed E-state index contributed by atoms with van der Waals surface area (Å²) in [6, 6.07) is 24.0. The molecule has 0 aliphatic carbocycles. The van der Waals surface area contributed by atoms with Gasteiger partial charge in [-0.2, -0.15) is 0 Å². The molecule has 3 heteroatoms. The van der Waals surface area contributed by atoms with Crippen LogP contribution in [-0.4, -0.2) is 37.0 Å². The van der Waals surface area contributed by atoms with Crippen LogP contribution in [0.2, 0.25) is 0 Å². The maximum absolute atomic E-state index is 13.5. The van der Waals surface area contributed by atoms with Crippen molar-refractivity contribution in [1.82, 2.24) is 4.90 Å². The number of hydrogen-bond acceptors (Lipinski definition) is 3. The fourth-order valence-electron chi connectivity index (χ4n) is 3.37. The number of ether oxygens (including phenoxy) is 1. The van der Waals surface area contributed by atoms with E-state index in [9.17, 15) is 4.79 Å². The van der Waals surface area contributed by atoms with Gasteiger partial charge in [-0.1, -0.05) is 72.8 Å². The lowest BCUT2D eigenvalue weighted by Crippen LogP contribution is -2.38. The second kappa shape index (κ2) is 7.54. The largest absolute Gasteiger partial charge is 0.378 e. The number of carbonyl (C=O) groups is 1. The van der Waals surface area contributed by atoms with E-state index in [2.05, 4.69) is 4.90 Å². The fourth-order valence-corrected chi connectivity index (χ4v) is 3.37. The van der Waals surface area contributed by atoms with E-state index < -0.39 is 0 Å². The Kier molecular flexibility index (Phi) is 4.80. The number of hydrogen-bond donors (Lipinski definition) is 0. The summed E-state index contributed by atoms with van der Waals surface area (Å²) in [6.07, 6.45) is 2.00. The van der Waals surface area contributed by atoms with E-state index in [0.717, 1.165) is 40.7 Å². The van der Waals surface area contributed by atoms with E-state index in [1.165, 1.54) is 0 Å². The minimum absolute atomic E-state index is 0.0625. The molecule has 3 nitrogen and oxygen atoms in total. The van der Waals surface area contributed by atoms with Gasteiger partial charge < -0.3 is 9.64 Å². The third kappa shape index (κ3) is 3.39. The zero-order valence-electron chi connectivity index (χ0n) is 14.6. The number of benzene rings is 3. The summed E-state index contributed by atoms with van der Waals surface area (Å²) in [4.78, 5) is 15.7. The lowest BCUT2D eigenvalue weighted by atomic mass is 9.98. The number of carbonyl (C=O) groups excluding carboxylic acids is 1. The van der Waals surface area contributed by atoms with Gasteiger partial charge in [0.25, 0.3) is 0 Å². The van der Waals surface area contributed by atoms with Crippen molar-refractivity contribution < 1.29 is 9.53 Å². The van der Waals surface area contributed by atoms with Gasteiger partial charge in [0.1, 0.15) is 0 Å². The standard InChI is InChI=1S/C23H21NO2/c25-23(21-12-6-10-19-9-4-5-11-20(19)21)22(24-13-15-26-16-14-24)17-18-7-2-1-3-8-18/h1-12,17H,13-16H2. The SMILES string of the molecule is O=C(C(=Cc1ccccc1)N1CCOCC1)c1cccc2ccccc12. The van der Waals surface area contributed by atoms with Crippen LogP contribution in [0.25, 0.3) is 16.8 Å². The van der Waals surface area contributed by atoms with E-state index >= 15 is 0 Å². The third-order valence-electron chi connectivity index (χ3n) is 4.72. The van der Waals surface area contributed by atoms with Gasteiger partial charge in [-0.15, -0.1) is 0 Å². The summed E-state index contributed by atoms with van der Waals surface area (Å²) < 4.78 is 5.48. The van der Waals surface area contributed by atoms with Crippen molar-refractivity contribution >= 4 is 22.6 Å². The number of morpholine rings is 1. The quantitative estimate of drug-likeness (QED) is 0.519. The molecule has 1 saturated heterocycles. The highest BCUT2D eigenvalue weighted by molar-refractivity contribution is 6.17. The lowest BCUT2D eigenvalue weighted by molar-refractivity contribution is 0.0513. The second-order valence-electron chi connectivity index (χ2n) is 6.40. The van der Waals surface area contributed by atoms with E-state index in [-0.39, 0.29) is 5.78 Å². The number of rotatable bonds is 4. The minimum atomic E-state index is 0.0625. The van der Waals surface area contributed by atoms with Crippen molar-refractivity contribution in [3.05, 3.63) is 89.6 Å². The number of nitrogens with zero attached hydrogens (tertiary/aromatic N) is 1. The number of Topliss-reactive ketones (excluding diaryl/α,β-unsaturated/α-hetero) is 1. The van der Waals surface area contributed by atoms with Gasteiger partial charge in [-0.05, 0) is 22.4 Å². The Morgan fingerprint density at radius 3 is 2.35 bits per heavy atom. The Morgan fingerprint density at radius 2 is 1.54 bits per heavy atom. The van der Waals surface area contributed by atoms with Crippen LogP contribution in [0.1, 0.15) is 15.9 Å². The Hall–Kier alpha value is -2.91. The number of ketones is 1. The molecule has 1 fully saturated rings. The summed E-state index contributed by atoms with van der Waals surface area (Å²) >= 11 is 0. The molecule has 0 atom stereocenters. The zero-order chi connectivity index (χ0) is 17.8. The third-order valence-corrected chi connectivity index (χ3v) is 4.72. The molecular weight excluding hydrogens is 322 g/mol. The molecule has 1 aliphatic heterocycles. The van der Waals surface area contributed by atoms with E-state index in [1.807, 2.05) is 78.9 Å². The lowest BCUT2D eigenvalue weighted by Gasteiger charge is -2.30. The second-order valence-corrected chi connectivity index (χ2v) is 6.40. The van der Waals surface area contributed by atoms with Crippen LogP contribution in [0.5, 0.6) is 0 Å². The molecule has 0 N–H and O–H groups in total. The van der Waals surface area contributed by atoms with Gasteiger partial charge in [-0.25, -0.2) is 0 Å². The molecule has 3 aromatic rings. The van der Waals surface area contributed by atoms with E-state index in [0.29, 0.717) is 13.2 Å². The molecule has 130 valence electrons. The van der Waals surface area contributed by atoms with Crippen molar-refractivity contribution in [2.45, 2.75) is 0 Å². The van der Waals surface area contributed by atoms with Gasteiger partial charge >= 0.3 is 0 Å².